The molecule has 0 spiro atoms. The fourth-order valence-electron chi connectivity index (χ4n) is 1.63. The number of likely N-dealkylation sites (N-methyl/N-ethyl adjacent to an activating group) is 1. The van der Waals surface area contributed by atoms with E-state index in [2.05, 4.69) is 15.5 Å². The van der Waals surface area contributed by atoms with Gasteiger partial charge in [0.05, 0.1) is 19.8 Å². The van der Waals surface area contributed by atoms with Crippen LogP contribution in [0.15, 0.2) is 4.52 Å². The molecule has 2 heterocycles. The summed E-state index contributed by atoms with van der Waals surface area (Å²) >= 11 is 0. The van der Waals surface area contributed by atoms with Crippen molar-refractivity contribution < 1.29 is 14.1 Å². The van der Waals surface area contributed by atoms with Gasteiger partial charge in [0.15, 0.2) is 0 Å². The van der Waals surface area contributed by atoms with Crippen LogP contribution in [-0.2, 0) is 16.0 Å². The number of amides is 1. The van der Waals surface area contributed by atoms with Crippen LogP contribution in [0, 0.1) is 0 Å². The van der Waals surface area contributed by atoms with Gasteiger partial charge >= 0.3 is 0 Å². The van der Waals surface area contributed by atoms with Crippen LogP contribution in [0.2, 0.25) is 0 Å². The summed E-state index contributed by atoms with van der Waals surface area (Å²) in [5.41, 5.74) is 0. The molecule has 1 amide bonds. The lowest BCUT2D eigenvalue weighted by molar-refractivity contribution is -0.120. The van der Waals surface area contributed by atoms with Crippen LogP contribution in [-0.4, -0.2) is 48.9 Å². The van der Waals surface area contributed by atoms with Crippen molar-refractivity contribution in [2.24, 2.45) is 0 Å². The van der Waals surface area contributed by atoms with Gasteiger partial charge in [-0.2, -0.15) is 4.98 Å². The Kier molecular flexibility index (Phi) is 3.70. The van der Waals surface area contributed by atoms with Gasteiger partial charge in [-0.05, 0) is 12.2 Å². The van der Waals surface area contributed by atoms with Crippen LogP contribution in [0.25, 0.3) is 0 Å². The predicted molar refractivity (Wildman–Crippen MR) is 59.7 cm³/mol. The van der Waals surface area contributed by atoms with Gasteiger partial charge < -0.3 is 14.6 Å². The number of ether oxygens (including phenoxy) is 1. The van der Waals surface area contributed by atoms with Gasteiger partial charge in [0, 0.05) is 6.42 Å². The van der Waals surface area contributed by atoms with Crippen LogP contribution < -0.4 is 10.2 Å². The smallest absolute Gasteiger partial charge is 0.272 e. The number of anilines is 1. The van der Waals surface area contributed by atoms with E-state index < -0.39 is 0 Å². The standard InChI is InChI=1S/C10H16N4O3/c1-3-8-12-10(13-17-8)14-4-5-16-6-7(11-2)9(14)15/h7,11H,3-6H2,1-2H3. The van der Waals surface area contributed by atoms with Gasteiger partial charge in [0.2, 0.25) is 11.8 Å². The molecule has 1 atom stereocenters. The monoisotopic (exact) mass is 240 g/mol. The normalized spacial score (nSPS) is 21.6. The van der Waals surface area contributed by atoms with Crippen molar-refractivity contribution in [2.45, 2.75) is 19.4 Å². The number of nitrogens with one attached hydrogen (secondary N) is 1. The number of nitrogens with zero attached hydrogens (tertiary/aromatic N) is 3. The minimum atomic E-state index is -0.360. The zero-order chi connectivity index (χ0) is 12.3. The molecular weight excluding hydrogens is 224 g/mol. The first-order valence-electron chi connectivity index (χ1n) is 5.65. The van der Waals surface area contributed by atoms with Gasteiger partial charge in [-0.25, -0.2) is 0 Å². The van der Waals surface area contributed by atoms with Crippen molar-refractivity contribution >= 4 is 11.9 Å². The molecule has 1 unspecified atom stereocenters. The van der Waals surface area contributed by atoms with Crippen molar-refractivity contribution in [3.05, 3.63) is 5.89 Å². The summed E-state index contributed by atoms with van der Waals surface area (Å²) in [6, 6.07) is -0.360. The summed E-state index contributed by atoms with van der Waals surface area (Å²) in [6.07, 6.45) is 0.654. The fourth-order valence-corrected chi connectivity index (χ4v) is 1.63. The second kappa shape index (κ2) is 5.24. The molecule has 1 saturated heterocycles. The quantitative estimate of drug-likeness (QED) is 0.773. The zero-order valence-electron chi connectivity index (χ0n) is 9.97. The Morgan fingerprint density at radius 3 is 3.06 bits per heavy atom. The van der Waals surface area contributed by atoms with Crippen molar-refractivity contribution in [1.29, 1.82) is 0 Å². The summed E-state index contributed by atoms with van der Waals surface area (Å²) in [7, 11) is 1.73. The second-order valence-corrected chi connectivity index (χ2v) is 3.75. The van der Waals surface area contributed by atoms with Crippen LogP contribution in [0.4, 0.5) is 5.95 Å². The maximum Gasteiger partial charge on any atom is 0.272 e. The minimum absolute atomic E-state index is 0.0894. The van der Waals surface area contributed by atoms with Gasteiger partial charge in [-0.1, -0.05) is 6.92 Å². The Morgan fingerprint density at radius 2 is 2.41 bits per heavy atom. The Bertz CT molecular complexity index is 393. The highest BCUT2D eigenvalue weighted by atomic mass is 16.5. The summed E-state index contributed by atoms with van der Waals surface area (Å²) in [6.45, 7) is 3.20. The molecule has 0 aliphatic carbocycles. The molecule has 7 nitrogen and oxygen atoms in total. The maximum atomic E-state index is 12.1. The molecule has 1 aromatic heterocycles. The Balaban J connectivity index is 2.19. The van der Waals surface area contributed by atoms with E-state index in [1.807, 2.05) is 6.92 Å². The van der Waals surface area contributed by atoms with Crippen LogP contribution in [0.1, 0.15) is 12.8 Å². The highest BCUT2D eigenvalue weighted by molar-refractivity contribution is 5.95. The Morgan fingerprint density at radius 1 is 1.59 bits per heavy atom. The minimum Gasteiger partial charge on any atom is -0.377 e. The molecule has 0 radical (unpaired) electrons. The van der Waals surface area contributed by atoms with Crippen LogP contribution >= 0.6 is 0 Å². The Labute approximate surface area is 99.1 Å². The summed E-state index contributed by atoms with van der Waals surface area (Å²) in [5, 5.41) is 6.72. The van der Waals surface area contributed by atoms with E-state index >= 15 is 0 Å². The molecule has 2 rings (SSSR count). The molecule has 94 valence electrons. The predicted octanol–water partition coefficient (Wildman–Crippen LogP) is -0.417. The topological polar surface area (TPSA) is 80.5 Å². The number of carbonyl (C=O) groups is 1. The second-order valence-electron chi connectivity index (χ2n) is 3.75. The molecule has 1 N–H and O–H groups in total. The lowest BCUT2D eigenvalue weighted by Gasteiger charge is -2.18. The summed E-state index contributed by atoms with van der Waals surface area (Å²) in [5.74, 6) is 0.755. The van der Waals surface area contributed by atoms with Crippen LogP contribution in [0.5, 0.6) is 0 Å². The maximum absolute atomic E-state index is 12.1. The Hall–Kier alpha value is -1.47. The molecule has 1 aliphatic rings. The van der Waals surface area contributed by atoms with E-state index in [4.69, 9.17) is 9.26 Å². The molecule has 1 aromatic rings. The fraction of sp³-hybridized carbons (Fsp3) is 0.700. The van der Waals surface area contributed by atoms with Gasteiger partial charge in [-0.15, -0.1) is 0 Å². The first-order valence-corrected chi connectivity index (χ1v) is 5.65. The third-order valence-electron chi connectivity index (χ3n) is 2.66. The number of aromatic nitrogens is 2. The summed E-state index contributed by atoms with van der Waals surface area (Å²) < 4.78 is 10.4. The highest BCUT2D eigenvalue weighted by Crippen LogP contribution is 2.13. The van der Waals surface area contributed by atoms with Crippen molar-refractivity contribution in [3.63, 3.8) is 0 Å². The molecule has 0 aromatic carbocycles. The highest BCUT2D eigenvalue weighted by Gasteiger charge is 2.29. The van der Waals surface area contributed by atoms with E-state index in [0.717, 1.165) is 0 Å². The molecule has 1 aliphatic heterocycles. The number of carbonyl (C=O) groups excluding carboxylic acids is 1. The average Bonchev–Trinajstić information content (AvgIpc) is 2.74. The molecule has 7 heteroatoms. The lowest BCUT2D eigenvalue weighted by atomic mass is 10.3. The van der Waals surface area contributed by atoms with Gasteiger partial charge in [0.25, 0.3) is 5.95 Å². The first-order chi connectivity index (χ1) is 8.26. The largest absolute Gasteiger partial charge is 0.377 e. The molecular formula is C10H16N4O3. The third kappa shape index (κ3) is 2.45. The zero-order valence-corrected chi connectivity index (χ0v) is 9.97. The van der Waals surface area contributed by atoms with E-state index in [1.54, 1.807) is 7.05 Å². The van der Waals surface area contributed by atoms with Crippen molar-refractivity contribution in [2.75, 3.05) is 31.7 Å². The summed E-state index contributed by atoms with van der Waals surface area (Å²) in [4.78, 5) is 17.8. The van der Waals surface area contributed by atoms with E-state index in [9.17, 15) is 4.79 Å². The van der Waals surface area contributed by atoms with Gasteiger partial charge in [0.1, 0.15) is 6.04 Å². The number of hydrogen-bond acceptors (Lipinski definition) is 6. The van der Waals surface area contributed by atoms with Crippen LogP contribution in [0.3, 0.4) is 0 Å². The first kappa shape index (κ1) is 12.0. The van der Waals surface area contributed by atoms with Crippen molar-refractivity contribution in [3.8, 4) is 0 Å². The lowest BCUT2D eigenvalue weighted by Crippen LogP contribution is -2.46. The van der Waals surface area contributed by atoms with Gasteiger partial charge in [-0.3, -0.25) is 9.69 Å². The van der Waals surface area contributed by atoms with E-state index in [1.165, 1.54) is 4.90 Å². The van der Waals surface area contributed by atoms with E-state index in [-0.39, 0.29) is 11.9 Å². The van der Waals surface area contributed by atoms with Crippen molar-refractivity contribution in [1.82, 2.24) is 15.5 Å². The molecule has 1 fully saturated rings. The average molecular weight is 240 g/mol. The molecule has 0 saturated carbocycles. The number of aryl methyl sites for hydroxylation is 1. The SMILES string of the molecule is CCc1nc(N2CCOCC(NC)C2=O)no1. The third-order valence-corrected chi connectivity index (χ3v) is 2.66. The van der Waals surface area contributed by atoms with E-state index in [0.29, 0.717) is 38.0 Å². The number of hydrogen-bond donors (Lipinski definition) is 1. The number of rotatable bonds is 3. The molecule has 17 heavy (non-hydrogen) atoms. The molecule has 0 bridgehead atoms.